The molecule has 0 spiro atoms. The molecule has 1 aromatic heterocycles. The number of methoxy groups -OCH3 is 1. The average molecular weight is 192 g/mol. The van der Waals surface area contributed by atoms with Crippen LogP contribution in [0.3, 0.4) is 0 Å². The Morgan fingerprint density at radius 2 is 2.36 bits per heavy atom. The van der Waals surface area contributed by atoms with Gasteiger partial charge in [-0.25, -0.2) is 4.98 Å². The summed E-state index contributed by atoms with van der Waals surface area (Å²) in [5.41, 5.74) is 2.10. The van der Waals surface area contributed by atoms with Crippen molar-refractivity contribution >= 4 is 0 Å². The van der Waals surface area contributed by atoms with Crippen molar-refractivity contribution in [1.82, 2.24) is 10.3 Å². The number of nitrogens with zero attached hydrogens (tertiary/aromatic N) is 1. The van der Waals surface area contributed by atoms with Crippen LogP contribution in [-0.4, -0.2) is 18.6 Å². The van der Waals surface area contributed by atoms with E-state index in [9.17, 15) is 0 Å². The maximum atomic E-state index is 5.03. The Labute approximate surface area is 84.8 Å². The zero-order valence-corrected chi connectivity index (χ0v) is 8.71. The van der Waals surface area contributed by atoms with Gasteiger partial charge in [0.2, 0.25) is 5.88 Å². The number of ether oxygens (including phenoxy) is 1. The molecule has 0 aliphatic heterocycles. The minimum absolute atomic E-state index is 0.652. The molecule has 0 atom stereocenters. The molecule has 0 aliphatic carbocycles. The fraction of sp³-hybridized carbons (Fsp3) is 0.364. The van der Waals surface area contributed by atoms with Crippen molar-refractivity contribution in [1.29, 1.82) is 0 Å². The zero-order valence-electron chi connectivity index (χ0n) is 8.71. The van der Waals surface area contributed by atoms with Gasteiger partial charge in [-0.05, 0) is 13.0 Å². The second-order valence-corrected chi connectivity index (χ2v) is 3.23. The van der Waals surface area contributed by atoms with Crippen molar-refractivity contribution in [3.05, 3.63) is 36.0 Å². The highest BCUT2D eigenvalue weighted by molar-refractivity contribution is 5.15. The lowest BCUT2D eigenvalue weighted by Crippen LogP contribution is -2.16. The molecule has 0 radical (unpaired) electrons. The predicted molar refractivity (Wildman–Crippen MR) is 57.3 cm³/mol. The summed E-state index contributed by atoms with van der Waals surface area (Å²) in [6.45, 7) is 7.36. The highest BCUT2D eigenvalue weighted by atomic mass is 16.5. The number of hydrogen-bond donors (Lipinski definition) is 1. The van der Waals surface area contributed by atoms with Crippen LogP contribution >= 0.6 is 0 Å². The number of hydrogen-bond acceptors (Lipinski definition) is 3. The van der Waals surface area contributed by atoms with Gasteiger partial charge in [0, 0.05) is 19.2 Å². The van der Waals surface area contributed by atoms with Gasteiger partial charge in [0.25, 0.3) is 0 Å². The molecule has 1 rings (SSSR count). The first-order chi connectivity index (χ1) is 6.72. The third-order valence-electron chi connectivity index (χ3n) is 1.72. The third kappa shape index (κ3) is 3.58. The van der Waals surface area contributed by atoms with Crippen LogP contribution in [0.15, 0.2) is 30.4 Å². The van der Waals surface area contributed by atoms with Gasteiger partial charge in [-0.3, -0.25) is 0 Å². The molecule has 0 fully saturated rings. The largest absolute Gasteiger partial charge is 0.481 e. The van der Waals surface area contributed by atoms with Crippen molar-refractivity contribution in [3.8, 4) is 5.88 Å². The molecule has 0 saturated carbocycles. The number of nitrogens with one attached hydrogen (secondary N) is 1. The fourth-order valence-electron chi connectivity index (χ4n) is 1.07. The molecule has 0 aliphatic rings. The Morgan fingerprint density at radius 3 is 3.00 bits per heavy atom. The Kier molecular flexibility index (Phi) is 4.13. The Morgan fingerprint density at radius 1 is 1.57 bits per heavy atom. The van der Waals surface area contributed by atoms with E-state index in [1.54, 1.807) is 7.11 Å². The third-order valence-corrected chi connectivity index (χ3v) is 1.72. The van der Waals surface area contributed by atoms with Gasteiger partial charge in [0.1, 0.15) is 0 Å². The van der Waals surface area contributed by atoms with E-state index in [4.69, 9.17) is 4.74 Å². The number of rotatable bonds is 5. The van der Waals surface area contributed by atoms with E-state index in [-0.39, 0.29) is 0 Å². The van der Waals surface area contributed by atoms with Gasteiger partial charge >= 0.3 is 0 Å². The maximum Gasteiger partial charge on any atom is 0.213 e. The van der Waals surface area contributed by atoms with E-state index in [2.05, 4.69) is 16.9 Å². The van der Waals surface area contributed by atoms with Crippen molar-refractivity contribution in [2.45, 2.75) is 13.5 Å². The molecule has 0 saturated heterocycles. The molecular formula is C11H16N2O. The number of aromatic nitrogens is 1. The highest BCUT2D eigenvalue weighted by Gasteiger charge is 1.96. The van der Waals surface area contributed by atoms with Gasteiger partial charge in [0.15, 0.2) is 0 Å². The second-order valence-electron chi connectivity index (χ2n) is 3.23. The molecule has 1 heterocycles. The lowest BCUT2D eigenvalue weighted by atomic mass is 10.3. The smallest absolute Gasteiger partial charge is 0.213 e. The summed E-state index contributed by atoms with van der Waals surface area (Å²) in [5.74, 6) is 0.652. The highest BCUT2D eigenvalue weighted by Crippen LogP contribution is 2.05. The topological polar surface area (TPSA) is 34.1 Å². The molecule has 3 nitrogen and oxygen atoms in total. The molecule has 3 heteroatoms. The molecule has 0 amide bonds. The van der Waals surface area contributed by atoms with Gasteiger partial charge in [-0.2, -0.15) is 0 Å². The Bertz CT molecular complexity index is 310. The van der Waals surface area contributed by atoms with Crippen molar-refractivity contribution < 1.29 is 4.74 Å². The summed E-state index contributed by atoms with van der Waals surface area (Å²) in [7, 11) is 1.62. The molecule has 1 aromatic rings. The van der Waals surface area contributed by atoms with E-state index in [0.29, 0.717) is 5.88 Å². The fourth-order valence-corrected chi connectivity index (χ4v) is 1.07. The predicted octanol–water partition coefficient (Wildman–Crippen LogP) is 1.76. The molecular weight excluding hydrogens is 176 g/mol. The minimum Gasteiger partial charge on any atom is -0.481 e. The van der Waals surface area contributed by atoms with Gasteiger partial charge < -0.3 is 10.1 Å². The lowest BCUT2D eigenvalue weighted by molar-refractivity contribution is 0.396. The molecule has 0 unspecified atom stereocenters. The number of pyridine rings is 1. The van der Waals surface area contributed by atoms with Crippen LogP contribution in [0.5, 0.6) is 5.88 Å². The molecule has 0 bridgehead atoms. The Balaban J connectivity index is 2.46. The van der Waals surface area contributed by atoms with E-state index in [0.717, 1.165) is 24.4 Å². The van der Waals surface area contributed by atoms with E-state index >= 15 is 0 Å². The van der Waals surface area contributed by atoms with Crippen LogP contribution in [-0.2, 0) is 6.54 Å². The standard InChI is InChI=1S/C11H16N2O/c1-9(2)7-12-8-10-5-4-6-11(13-10)14-3/h4-6,12H,1,7-8H2,2-3H3. The average Bonchev–Trinajstić information content (AvgIpc) is 2.18. The first kappa shape index (κ1) is 10.7. The van der Waals surface area contributed by atoms with Crippen LogP contribution in [0.25, 0.3) is 0 Å². The molecule has 14 heavy (non-hydrogen) atoms. The molecule has 0 aromatic carbocycles. The van der Waals surface area contributed by atoms with Crippen LogP contribution in [0.4, 0.5) is 0 Å². The minimum atomic E-state index is 0.652. The van der Waals surface area contributed by atoms with Crippen molar-refractivity contribution in [3.63, 3.8) is 0 Å². The molecule has 1 N–H and O–H groups in total. The quantitative estimate of drug-likeness (QED) is 0.722. The van der Waals surface area contributed by atoms with E-state index in [1.165, 1.54) is 0 Å². The van der Waals surface area contributed by atoms with E-state index in [1.807, 2.05) is 25.1 Å². The summed E-state index contributed by atoms with van der Waals surface area (Å²) >= 11 is 0. The van der Waals surface area contributed by atoms with Crippen LogP contribution in [0.2, 0.25) is 0 Å². The first-order valence-electron chi connectivity index (χ1n) is 4.57. The maximum absolute atomic E-state index is 5.03. The summed E-state index contributed by atoms with van der Waals surface area (Å²) in [5, 5.41) is 3.23. The lowest BCUT2D eigenvalue weighted by Gasteiger charge is -2.05. The second kappa shape index (κ2) is 5.40. The summed E-state index contributed by atoms with van der Waals surface area (Å²) in [6, 6.07) is 5.74. The zero-order chi connectivity index (χ0) is 10.4. The van der Waals surface area contributed by atoms with Crippen LogP contribution in [0.1, 0.15) is 12.6 Å². The van der Waals surface area contributed by atoms with Gasteiger partial charge in [-0.1, -0.05) is 18.2 Å². The summed E-state index contributed by atoms with van der Waals surface area (Å²) < 4.78 is 5.03. The first-order valence-corrected chi connectivity index (χ1v) is 4.57. The Hall–Kier alpha value is -1.35. The normalized spacial score (nSPS) is 9.86. The SMILES string of the molecule is C=C(C)CNCc1cccc(OC)n1. The van der Waals surface area contributed by atoms with Crippen molar-refractivity contribution in [2.75, 3.05) is 13.7 Å². The van der Waals surface area contributed by atoms with Gasteiger partial charge in [-0.15, -0.1) is 0 Å². The molecule has 76 valence electrons. The summed E-state index contributed by atoms with van der Waals surface area (Å²) in [4.78, 5) is 4.27. The summed E-state index contributed by atoms with van der Waals surface area (Å²) in [6.07, 6.45) is 0. The monoisotopic (exact) mass is 192 g/mol. The van der Waals surface area contributed by atoms with Crippen molar-refractivity contribution in [2.24, 2.45) is 0 Å². The van der Waals surface area contributed by atoms with Gasteiger partial charge in [0.05, 0.1) is 12.8 Å². The van der Waals surface area contributed by atoms with Crippen LogP contribution in [0, 0.1) is 0 Å². The van der Waals surface area contributed by atoms with Crippen LogP contribution < -0.4 is 10.1 Å². The van der Waals surface area contributed by atoms with E-state index < -0.39 is 0 Å².